The lowest BCUT2D eigenvalue weighted by Crippen LogP contribution is -2.06. The normalized spacial score (nSPS) is 12.4. The smallest absolute Gasteiger partial charge is 0.123 e. The van der Waals surface area contributed by atoms with Gasteiger partial charge >= 0.3 is 0 Å². The fourth-order valence-electron chi connectivity index (χ4n) is 1.97. The molecule has 20 heavy (non-hydrogen) atoms. The first-order valence-electron chi connectivity index (χ1n) is 6.80. The lowest BCUT2D eigenvalue weighted by molar-refractivity contribution is 0.337. The topological polar surface area (TPSA) is 48.4 Å². The Balaban J connectivity index is 2.18. The number of nitrogens with two attached hydrogens (primary N) is 1. The first-order valence-corrected chi connectivity index (χ1v) is 7.78. The summed E-state index contributed by atoms with van der Waals surface area (Å²) < 4.78 is 11.0. The molecule has 1 atom stereocenters. The molecule has 1 aromatic heterocycles. The van der Waals surface area contributed by atoms with Crippen LogP contribution in [0.5, 0.6) is 5.75 Å². The third-order valence-corrected chi connectivity index (χ3v) is 4.29. The zero-order chi connectivity index (χ0) is 14.5. The number of hydrogen-bond acceptors (Lipinski definition) is 4. The van der Waals surface area contributed by atoms with Crippen LogP contribution in [0.2, 0.25) is 0 Å². The molecular formula is C16H21NO2S. The minimum atomic E-state index is 0.0325. The van der Waals surface area contributed by atoms with Crippen molar-refractivity contribution in [3.05, 3.63) is 47.4 Å². The van der Waals surface area contributed by atoms with E-state index in [0.717, 1.165) is 22.8 Å². The fourth-order valence-corrected chi connectivity index (χ4v) is 2.91. The molecule has 0 saturated heterocycles. The summed E-state index contributed by atoms with van der Waals surface area (Å²) >= 11 is 1.75. The van der Waals surface area contributed by atoms with Gasteiger partial charge in [0, 0.05) is 22.3 Å². The summed E-state index contributed by atoms with van der Waals surface area (Å²) in [6, 6.07) is 8.21. The Labute approximate surface area is 124 Å². The number of hydrogen-bond donors (Lipinski definition) is 1. The van der Waals surface area contributed by atoms with Crippen LogP contribution in [0.4, 0.5) is 0 Å². The Kier molecular flexibility index (Phi) is 5.15. The molecule has 0 aliphatic carbocycles. The van der Waals surface area contributed by atoms with Gasteiger partial charge in [0.15, 0.2) is 0 Å². The summed E-state index contributed by atoms with van der Waals surface area (Å²) in [7, 11) is 0. The summed E-state index contributed by atoms with van der Waals surface area (Å²) in [5.41, 5.74) is 8.26. The van der Waals surface area contributed by atoms with Gasteiger partial charge < -0.3 is 14.9 Å². The minimum Gasteiger partial charge on any atom is -0.494 e. The van der Waals surface area contributed by atoms with Crippen molar-refractivity contribution in [2.24, 2.45) is 5.73 Å². The summed E-state index contributed by atoms with van der Waals surface area (Å²) in [4.78, 5) is 1.17. The molecule has 0 radical (unpaired) electrons. The van der Waals surface area contributed by atoms with E-state index >= 15 is 0 Å². The molecule has 0 aliphatic heterocycles. The molecule has 2 N–H and O–H groups in total. The van der Waals surface area contributed by atoms with Crippen LogP contribution in [-0.4, -0.2) is 6.61 Å². The molecule has 3 nitrogen and oxygen atoms in total. The molecule has 0 spiro atoms. The van der Waals surface area contributed by atoms with Gasteiger partial charge in [0.1, 0.15) is 11.5 Å². The maximum atomic E-state index is 5.96. The van der Waals surface area contributed by atoms with Gasteiger partial charge in [-0.2, -0.15) is 0 Å². The van der Waals surface area contributed by atoms with Crippen LogP contribution in [0.3, 0.4) is 0 Å². The van der Waals surface area contributed by atoms with Gasteiger partial charge in [0.2, 0.25) is 0 Å². The third kappa shape index (κ3) is 3.58. The number of thioether (sulfide) groups is 1. The van der Waals surface area contributed by atoms with Gasteiger partial charge in [0.05, 0.1) is 12.9 Å². The minimum absolute atomic E-state index is 0.0325. The maximum Gasteiger partial charge on any atom is 0.123 e. The van der Waals surface area contributed by atoms with Crippen LogP contribution < -0.4 is 10.5 Å². The predicted molar refractivity (Wildman–Crippen MR) is 83.2 cm³/mol. The number of rotatable bonds is 6. The largest absolute Gasteiger partial charge is 0.494 e. The molecular weight excluding hydrogens is 270 g/mol. The highest BCUT2D eigenvalue weighted by Crippen LogP contribution is 2.31. The molecule has 108 valence electrons. The van der Waals surface area contributed by atoms with E-state index in [2.05, 4.69) is 6.07 Å². The summed E-state index contributed by atoms with van der Waals surface area (Å²) in [5.74, 6) is 2.73. The highest BCUT2D eigenvalue weighted by molar-refractivity contribution is 7.98. The molecule has 1 heterocycles. The van der Waals surface area contributed by atoms with Gasteiger partial charge in [-0.05, 0) is 44.5 Å². The maximum absolute atomic E-state index is 5.96. The van der Waals surface area contributed by atoms with Crippen LogP contribution >= 0.6 is 11.8 Å². The fraction of sp³-hybridized carbons (Fsp3) is 0.375. The van der Waals surface area contributed by atoms with Crippen LogP contribution in [-0.2, 0) is 5.75 Å². The average Bonchev–Trinajstić information content (AvgIpc) is 2.83. The van der Waals surface area contributed by atoms with E-state index in [9.17, 15) is 0 Å². The molecule has 0 bridgehead atoms. The van der Waals surface area contributed by atoms with E-state index in [1.54, 1.807) is 18.0 Å². The standard InChI is InChI=1S/C16H21NO2S/c1-4-18-15-6-5-13(11(2)17)9-14(15)10-20-16-7-8-19-12(16)3/h5-9,11H,4,10,17H2,1-3H3. The van der Waals surface area contributed by atoms with Crippen molar-refractivity contribution in [3.8, 4) is 5.75 Å². The summed E-state index contributed by atoms with van der Waals surface area (Å²) in [6.45, 7) is 6.63. The predicted octanol–water partition coefficient (Wildman–Crippen LogP) is 4.30. The monoisotopic (exact) mass is 291 g/mol. The van der Waals surface area contributed by atoms with Crippen molar-refractivity contribution in [1.82, 2.24) is 0 Å². The van der Waals surface area contributed by atoms with Crippen LogP contribution in [0.15, 0.2) is 39.8 Å². The van der Waals surface area contributed by atoms with Gasteiger partial charge in [-0.3, -0.25) is 0 Å². The molecule has 4 heteroatoms. The van der Waals surface area contributed by atoms with Crippen molar-refractivity contribution < 1.29 is 9.15 Å². The highest BCUT2D eigenvalue weighted by Gasteiger charge is 2.10. The van der Waals surface area contributed by atoms with Crippen LogP contribution in [0.25, 0.3) is 0 Å². The van der Waals surface area contributed by atoms with Gasteiger partial charge in [-0.25, -0.2) is 0 Å². The molecule has 1 aromatic carbocycles. The summed E-state index contributed by atoms with van der Waals surface area (Å²) in [5, 5.41) is 0. The van der Waals surface area contributed by atoms with Gasteiger partial charge in [-0.1, -0.05) is 6.07 Å². The lowest BCUT2D eigenvalue weighted by atomic mass is 10.1. The highest BCUT2D eigenvalue weighted by atomic mass is 32.2. The zero-order valence-electron chi connectivity index (χ0n) is 12.2. The van der Waals surface area contributed by atoms with Crippen molar-refractivity contribution in [1.29, 1.82) is 0 Å². The molecule has 0 saturated carbocycles. The average molecular weight is 291 g/mol. The second kappa shape index (κ2) is 6.86. The SMILES string of the molecule is CCOc1ccc(C(C)N)cc1CSc1ccoc1C. The molecule has 1 unspecified atom stereocenters. The molecule has 0 fully saturated rings. The lowest BCUT2D eigenvalue weighted by Gasteiger charge is -2.13. The Hall–Kier alpha value is -1.39. The number of ether oxygens (including phenoxy) is 1. The van der Waals surface area contributed by atoms with E-state index in [-0.39, 0.29) is 6.04 Å². The van der Waals surface area contributed by atoms with Crippen LogP contribution in [0.1, 0.15) is 36.8 Å². The van der Waals surface area contributed by atoms with E-state index in [1.807, 2.05) is 39.0 Å². The van der Waals surface area contributed by atoms with Crippen molar-refractivity contribution in [3.63, 3.8) is 0 Å². The second-order valence-electron chi connectivity index (χ2n) is 4.72. The number of aryl methyl sites for hydroxylation is 1. The van der Waals surface area contributed by atoms with Crippen LogP contribution in [0, 0.1) is 6.92 Å². The Bertz CT molecular complexity index is 563. The summed E-state index contributed by atoms with van der Waals surface area (Å²) in [6.07, 6.45) is 1.72. The Morgan fingerprint density at radius 1 is 1.35 bits per heavy atom. The molecule has 2 aromatic rings. The zero-order valence-corrected chi connectivity index (χ0v) is 13.0. The van der Waals surface area contributed by atoms with Crippen molar-refractivity contribution >= 4 is 11.8 Å². The third-order valence-electron chi connectivity index (χ3n) is 3.10. The quantitative estimate of drug-likeness (QED) is 0.806. The Morgan fingerprint density at radius 3 is 2.75 bits per heavy atom. The van der Waals surface area contributed by atoms with E-state index in [0.29, 0.717) is 6.61 Å². The van der Waals surface area contributed by atoms with Crippen molar-refractivity contribution in [2.75, 3.05) is 6.61 Å². The first-order chi connectivity index (χ1) is 9.61. The molecule has 0 aliphatic rings. The number of furan rings is 1. The van der Waals surface area contributed by atoms with E-state index in [1.165, 1.54) is 10.5 Å². The Morgan fingerprint density at radius 2 is 2.15 bits per heavy atom. The second-order valence-corrected chi connectivity index (χ2v) is 5.74. The van der Waals surface area contributed by atoms with E-state index in [4.69, 9.17) is 14.9 Å². The number of benzene rings is 1. The van der Waals surface area contributed by atoms with Gasteiger partial charge in [-0.15, -0.1) is 11.8 Å². The molecule has 0 amide bonds. The molecule has 2 rings (SSSR count). The van der Waals surface area contributed by atoms with E-state index < -0.39 is 0 Å². The first kappa shape index (κ1) is 15.0. The van der Waals surface area contributed by atoms with Crippen molar-refractivity contribution in [2.45, 2.75) is 37.5 Å². The van der Waals surface area contributed by atoms with Gasteiger partial charge in [0.25, 0.3) is 0 Å².